The third kappa shape index (κ3) is 9.47. The van der Waals surface area contributed by atoms with Crippen molar-refractivity contribution in [2.75, 3.05) is 18.0 Å². The molecule has 4 rings (SSSR count). The Labute approximate surface area is 285 Å². The van der Waals surface area contributed by atoms with Crippen molar-refractivity contribution in [2.24, 2.45) is 0 Å². The van der Waals surface area contributed by atoms with E-state index in [9.17, 15) is 22.4 Å². The van der Waals surface area contributed by atoms with Gasteiger partial charge in [0.2, 0.25) is 11.8 Å². The highest BCUT2D eigenvalue weighted by atomic mass is 35.5. The first-order chi connectivity index (χ1) is 22.2. The Kier molecular flexibility index (Phi) is 11.5. The maximum Gasteiger partial charge on any atom is 0.264 e. The molecule has 0 spiro atoms. The number of carbonyl (C=O) groups is 2. The molecule has 0 saturated carbocycles. The fourth-order valence-corrected chi connectivity index (χ4v) is 6.59. The fraction of sp³-hybridized carbons (Fsp3) is 0.257. The summed E-state index contributed by atoms with van der Waals surface area (Å²) in [5.41, 5.74) is 0.779. The minimum atomic E-state index is -4.37. The minimum Gasteiger partial charge on any atom is -0.497 e. The average Bonchev–Trinajstić information content (AvgIpc) is 3.03. The number of rotatable bonds is 12. The van der Waals surface area contributed by atoms with Gasteiger partial charge in [-0.1, -0.05) is 59.6 Å². The van der Waals surface area contributed by atoms with E-state index in [2.05, 4.69) is 5.32 Å². The standard InChI is InChI=1S/C35H36Cl2FN3O5S/c1-35(2,3)39-34(43)32(21-24-8-6-5-7-9-24)40(22-25-10-19-30(36)31(37)20-25)33(42)23-41(27-13-11-26(38)12-14-27)47(44,45)29-17-15-28(46-4)16-18-29/h5-20,32H,21-23H2,1-4H3,(H,39,43)/t32-/m1/s1. The number of hydrogen-bond acceptors (Lipinski definition) is 5. The molecule has 0 radical (unpaired) electrons. The second kappa shape index (κ2) is 15.2. The highest BCUT2D eigenvalue weighted by Gasteiger charge is 2.35. The molecular formula is C35H36Cl2FN3O5S. The molecule has 0 aromatic heterocycles. The number of amides is 2. The minimum absolute atomic E-state index is 0.0591. The predicted octanol–water partition coefficient (Wildman–Crippen LogP) is 6.89. The molecule has 0 heterocycles. The molecule has 4 aromatic carbocycles. The molecule has 12 heteroatoms. The second-order valence-electron chi connectivity index (χ2n) is 11.9. The molecule has 0 fully saturated rings. The Morgan fingerprint density at radius 1 is 0.872 bits per heavy atom. The lowest BCUT2D eigenvalue weighted by Crippen LogP contribution is -2.56. The molecule has 0 aliphatic carbocycles. The van der Waals surface area contributed by atoms with Crippen LogP contribution in [0.25, 0.3) is 0 Å². The van der Waals surface area contributed by atoms with E-state index < -0.39 is 45.8 Å². The molecule has 0 bridgehead atoms. The lowest BCUT2D eigenvalue weighted by atomic mass is 10.0. The van der Waals surface area contributed by atoms with Gasteiger partial charge in [-0.05, 0) is 92.6 Å². The number of nitrogens with one attached hydrogen (secondary N) is 1. The summed E-state index contributed by atoms with van der Waals surface area (Å²) in [7, 11) is -2.92. The zero-order chi connectivity index (χ0) is 34.4. The van der Waals surface area contributed by atoms with E-state index in [-0.39, 0.29) is 28.6 Å². The van der Waals surface area contributed by atoms with E-state index in [1.54, 1.807) is 18.2 Å². The number of hydrogen-bond donors (Lipinski definition) is 1. The number of benzene rings is 4. The number of nitrogens with zero attached hydrogens (tertiary/aromatic N) is 2. The summed E-state index contributed by atoms with van der Waals surface area (Å²) in [5, 5.41) is 3.54. The normalized spacial score (nSPS) is 12.2. The summed E-state index contributed by atoms with van der Waals surface area (Å²) >= 11 is 12.5. The molecule has 0 saturated heterocycles. The van der Waals surface area contributed by atoms with Crippen LogP contribution in [-0.2, 0) is 32.6 Å². The summed E-state index contributed by atoms with van der Waals surface area (Å²) in [4.78, 5) is 29.7. The number of anilines is 1. The maximum atomic E-state index is 14.5. The first-order valence-corrected chi connectivity index (χ1v) is 16.9. The van der Waals surface area contributed by atoms with Crippen LogP contribution < -0.4 is 14.4 Å². The van der Waals surface area contributed by atoms with Crippen molar-refractivity contribution in [3.8, 4) is 5.75 Å². The molecule has 1 atom stereocenters. The van der Waals surface area contributed by atoms with E-state index in [0.717, 1.165) is 22.0 Å². The molecule has 8 nitrogen and oxygen atoms in total. The summed E-state index contributed by atoms with van der Waals surface area (Å²) in [6, 6.07) is 23.5. The predicted molar refractivity (Wildman–Crippen MR) is 183 cm³/mol. The van der Waals surface area contributed by atoms with Crippen LogP contribution in [0.1, 0.15) is 31.9 Å². The van der Waals surface area contributed by atoms with Crippen LogP contribution in [0.15, 0.2) is 102 Å². The molecule has 0 unspecified atom stereocenters. The monoisotopic (exact) mass is 699 g/mol. The van der Waals surface area contributed by atoms with Gasteiger partial charge < -0.3 is 15.0 Å². The highest BCUT2D eigenvalue weighted by molar-refractivity contribution is 7.92. The summed E-state index contributed by atoms with van der Waals surface area (Å²) < 4.78 is 48.3. The van der Waals surface area contributed by atoms with Crippen molar-refractivity contribution >= 4 is 50.7 Å². The number of sulfonamides is 1. The Morgan fingerprint density at radius 3 is 2.09 bits per heavy atom. The Bertz CT molecular complexity index is 1800. The van der Waals surface area contributed by atoms with E-state index in [1.807, 2.05) is 51.1 Å². The summed E-state index contributed by atoms with van der Waals surface area (Å²) in [6.45, 7) is 4.69. The van der Waals surface area contributed by atoms with Crippen molar-refractivity contribution in [3.05, 3.63) is 124 Å². The SMILES string of the molecule is COc1ccc(S(=O)(=O)N(CC(=O)N(Cc2ccc(Cl)c(Cl)c2)[C@H](Cc2ccccc2)C(=O)NC(C)(C)C)c2ccc(F)cc2)cc1. The highest BCUT2D eigenvalue weighted by Crippen LogP contribution is 2.28. The van der Waals surface area contributed by atoms with Gasteiger partial charge in [-0.3, -0.25) is 13.9 Å². The van der Waals surface area contributed by atoms with Crippen molar-refractivity contribution < 1.29 is 27.1 Å². The van der Waals surface area contributed by atoms with Crippen molar-refractivity contribution in [1.82, 2.24) is 10.2 Å². The first-order valence-electron chi connectivity index (χ1n) is 14.7. The van der Waals surface area contributed by atoms with Crippen molar-refractivity contribution in [1.29, 1.82) is 0 Å². The zero-order valence-electron chi connectivity index (χ0n) is 26.4. The van der Waals surface area contributed by atoms with Crippen molar-refractivity contribution in [2.45, 2.75) is 50.2 Å². The summed E-state index contributed by atoms with van der Waals surface area (Å²) in [6.07, 6.45) is 0.137. The van der Waals surface area contributed by atoms with Crippen LogP contribution in [0, 0.1) is 5.82 Å². The van der Waals surface area contributed by atoms with Gasteiger partial charge in [0, 0.05) is 18.5 Å². The van der Waals surface area contributed by atoms with Gasteiger partial charge >= 0.3 is 0 Å². The van der Waals surface area contributed by atoms with Gasteiger partial charge in [-0.15, -0.1) is 0 Å². The Hall–Kier alpha value is -4.12. The van der Waals surface area contributed by atoms with E-state index in [4.69, 9.17) is 27.9 Å². The number of carbonyl (C=O) groups excluding carboxylic acids is 2. The molecule has 47 heavy (non-hydrogen) atoms. The number of halogens is 3. The quantitative estimate of drug-likeness (QED) is 0.174. The largest absolute Gasteiger partial charge is 0.497 e. The number of methoxy groups -OCH3 is 1. The van der Waals surface area contributed by atoms with Crippen LogP contribution in [0.5, 0.6) is 5.75 Å². The molecule has 1 N–H and O–H groups in total. The van der Waals surface area contributed by atoms with Gasteiger partial charge in [0.05, 0.1) is 27.7 Å². The molecule has 2 amide bonds. The lowest BCUT2D eigenvalue weighted by Gasteiger charge is -2.35. The maximum absolute atomic E-state index is 14.5. The van der Waals surface area contributed by atoms with Crippen LogP contribution in [0.4, 0.5) is 10.1 Å². The van der Waals surface area contributed by atoms with E-state index in [0.29, 0.717) is 16.3 Å². The van der Waals surface area contributed by atoms with Crippen LogP contribution in [-0.4, -0.2) is 50.4 Å². The third-order valence-electron chi connectivity index (χ3n) is 7.15. The summed E-state index contributed by atoms with van der Waals surface area (Å²) in [5.74, 6) is -1.25. The zero-order valence-corrected chi connectivity index (χ0v) is 28.7. The van der Waals surface area contributed by atoms with E-state index in [1.165, 1.54) is 48.4 Å². The second-order valence-corrected chi connectivity index (χ2v) is 14.6. The fourth-order valence-electron chi connectivity index (χ4n) is 4.85. The smallest absolute Gasteiger partial charge is 0.264 e. The average molecular weight is 701 g/mol. The van der Waals surface area contributed by atoms with Gasteiger partial charge in [-0.25, -0.2) is 12.8 Å². The van der Waals surface area contributed by atoms with Crippen LogP contribution in [0.2, 0.25) is 10.0 Å². The van der Waals surface area contributed by atoms with Gasteiger partial charge in [-0.2, -0.15) is 0 Å². The Morgan fingerprint density at radius 2 is 1.51 bits per heavy atom. The molecule has 4 aromatic rings. The molecule has 0 aliphatic rings. The Balaban J connectivity index is 1.83. The topological polar surface area (TPSA) is 96.0 Å². The third-order valence-corrected chi connectivity index (χ3v) is 9.67. The van der Waals surface area contributed by atoms with Crippen LogP contribution >= 0.6 is 23.2 Å². The van der Waals surface area contributed by atoms with E-state index >= 15 is 0 Å². The van der Waals surface area contributed by atoms with Gasteiger partial charge in [0.15, 0.2) is 0 Å². The molecule has 248 valence electrons. The lowest BCUT2D eigenvalue weighted by molar-refractivity contribution is -0.140. The molecule has 0 aliphatic heterocycles. The van der Waals surface area contributed by atoms with Gasteiger partial charge in [0.25, 0.3) is 10.0 Å². The number of ether oxygens (including phenoxy) is 1. The first kappa shape index (κ1) is 35.7. The van der Waals surface area contributed by atoms with Crippen molar-refractivity contribution in [3.63, 3.8) is 0 Å². The van der Waals surface area contributed by atoms with Crippen LogP contribution in [0.3, 0.4) is 0 Å². The van der Waals surface area contributed by atoms with Gasteiger partial charge in [0.1, 0.15) is 24.2 Å². The molecular weight excluding hydrogens is 664 g/mol.